The highest BCUT2D eigenvalue weighted by Gasteiger charge is 1.96. The highest BCUT2D eigenvalue weighted by Crippen LogP contribution is 2.04. The van der Waals surface area contributed by atoms with E-state index in [1.807, 2.05) is 38.1 Å². The number of nitrogens with zero attached hydrogens (tertiary/aromatic N) is 1. The topological polar surface area (TPSA) is 41.8 Å². The van der Waals surface area contributed by atoms with E-state index in [0.717, 1.165) is 11.3 Å². The zero-order valence-electron chi connectivity index (χ0n) is 8.53. The predicted molar refractivity (Wildman–Crippen MR) is 56.4 cm³/mol. The summed E-state index contributed by atoms with van der Waals surface area (Å²) in [6.07, 6.45) is 0. The Morgan fingerprint density at radius 1 is 1.36 bits per heavy atom. The molecule has 0 aliphatic carbocycles. The van der Waals surface area contributed by atoms with Crippen LogP contribution in [0.4, 0.5) is 0 Å². The molecule has 0 aromatic heterocycles. The Labute approximate surface area is 84.0 Å². The van der Waals surface area contributed by atoms with Crippen LogP contribution in [0.15, 0.2) is 29.4 Å². The zero-order chi connectivity index (χ0) is 10.4. The molecule has 1 aromatic carbocycles. The van der Waals surface area contributed by atoms with Crippen molar-refractivity contribution in [2.75, 3.05) is 13.2 Å². The molecule has 76 valence electrons. The highest BCUT2D eigenvalue weighted by molar-refractivity contribution is 5.98. The van der Waals surface area contributed by atoms with Crippen molar-refractivity contribution < 1.29 is 9.94 Å². The quantitative estimate of drug-likeness (QED) is 0.449. The molecule has 1 rings (SSSR count). The largest absolute Gasteiger partial charge is 0.393 e. The summed E-state index contributed by atoms with van der Waals surface area (Å²) in [5, 5.41) is 12.4. The molecule has 1 N–H and O–H groups in total. The number of aryl methyl sites for hydroxylation is 1. The monoisotopic (exact) mass is 193 g/mol. The Bertz CT molecular complexity index is 304. The van der Waals surface area contributed by atoms with Crippen molar-refractivity contribution in [2.45, 2.75) is 13.8 Å². The van der Waals surface area contributed by atoms with E-state index in [-0.39, 0.29) is 13.2 Å². The van der Waals surface area contributed by atoms with E-state index < -0.39 is 0 Å². The average Bonchev–Trinajstić information content (AvgIpc) is 2.19. The molecule has 0 saturated carbocycles. The third kappa shape index (κ3) is 3.18. The molecule has 0 unspecified atom stereocenters. The average molecular weight is 193 g/mol. The van der Waals surface area contributed by atoms with Crippen molar-refractivity contribution in [1.82, 2.24) is 0 Å². The summed E-state index contributed by atoms with van der Waals surface area (Å²) in [5.74, 6) is 0. The first-order chi connectivity index (χ1) is 6.74. The van der Waals surface area contributed by atoms with Gasteiger partial charge in [0.1, 0.15) is 6.61 Å². The molecule has 0 aliphatic rings. The molecule has 0 fully saturated rings. The van der Waals surface area contributed by atoms with Gasteiger partial charge in [0.2, 0.25) is 0 Å². The van der Waals surface area contributed by atoms with Crippen LogP contribution in [-0.4, -0.2) is 24.0 Å². The van der Waals surface area contributed by atoms with Gasteiger partial charge in [-0.1, -0.05) is 35.0 Å². The second-order valence-corrected chi connectivity index (χ2v) is 3.10. The summed E-state index contributed by atoms with van der Waals surface area (Å²) in [6, 6.07) is 8.05. The third-order valence-corrected chi connectivity index (χ3v) is 1.85. The number of aliphatic hydroxyl groups excluding tert-OH is 1. The van der Waals surface area contributed by atoms with Gasteiger partial charge in [-0.3, -0.25) is 0 Å². The van der Waals surface area contributed by atoms with Crippen LogP contribution in [0, 0.1) is 6.92 Å². The highest BCUT2D eigenvalue weighted by atomic mass is 16.6. The van der Waals surface area contributed by atoms with Gasteiger partial charge in [0, 0.05) is 0 Å². The minimum absolute atomic E-state index is 0.00925. The summed E-state index contributed by atoms with van der Waals surface area (Å²) in [6.45, 7) is 4.15. The van der Waals surface area contributed by atoms with Crippen LogP contribution < -0.4 is 0 Å². The van der Waals surface area contributed by atoms with Crippen LogP contribution in [-0.2, 0) is 4.84 Å². The Balaban J connectivity index is 2.64. The normalized spacial score (nSPS) is 11.5. The van der Waals surface area contributed by atoms with Crippen LogP contribution in [0.25, 0.3) is 0 Å². The fourth-order valence-electron chi connectivity index (χ4n) is 1.03. The Kier molecular flexibility index (Phi) is 4.13. The molecule has 0 aliphatic heterocycles. The van der Waals surface area contributed by atoms with Crippen molar-refractivity contribution in [1.29, 1.82) is 0 Å². The van der Waals surface area contributed by atoms with Crippen molar-refractivity contribution >= 4 is 5.71 Å². The first kappa shape index (κ1) is 10.7. The van der Waals surface area contributed by atoms with E-state index in [0.29, 0.717) is 0 Å². The molecule has 0 bridgehead atoms. The lowest BCUT2D eigenvalue weighted by Crippen LogP contribution is -1.99. The smallest absolute Gasteiger partial charge is 0.140 e. The van der Waals surface area contributed by atoms with E-state index in [1.54, 1.807) is 0 Å². The van der Waals surface area contributed by atoms with Gasteiger partial charge in [-0.05, 0) is 19.4 Å². The molecule has 0 radical (unpaired) electrons. The van der Waals surface area contributed by atoms with E-state index in [9.17, 15) is 0 Å². The Hall–Kier alpha value is -1.35. The predicted octanol–water partition coefficient (Wildman–Crippen LogP) is 1.73. The maximum absolute atomic E-state index is 8.49. The minimum Gasteiger partial charge on any atom is -0.393 e. The van der Waals surface area contributed by atoms with Crippen LogP contribution in [0.2, 0.25) is 0 Å². The molecule has 0 atom stereocenters. The van der Waals surface area contributed by atoms with E-state index in [4.69, 9.17) is 9.94 Å². The molecule has 0 amide bonds. The lowest BCUT2D eigenvalue weighted by Gasteiger charge is -2.01. The van der Waals surface area contributed by atoms with Crippen LogP contribution in [0.1, 0.15) is 18.1 Å². The summed E-state index contributed by atoms with van der Waals surface area (Å²) < 4.78 is 0. The Morgan fingerprint density at radius 3 is 2.57 bits per heavy atom. The molecule has 14 heavy (non-hydrogen) atoms. The first-order valence-corrected chi connectivity index (χ1v) is 4.58. The summed E-state index contributed by atoms with van der Waals surface area (Å²) in [5.41, 5.74) is 3.07. The maximum atomic E-state index is 8.49. The molecular weight excluding hydrogens is 178 g/mol. The number of aliphatic hydroxyl groups is 1. The van der Waals surface area contributed by atoms with Gasteiger partial charge in [-0.15, -0.1) is 0 Å². The van der Waals surface area contributed by atoms with Crippen LogP contribution >= 0.6 is 0 Å². The second-order valence-electron chi connectivity index (χ2n) is 3.10. The fourth-order valence-corrected chi connectivity index (χ4v) is 1.03. The van der Waals surface area contributed by atoms with E-state index in [2.05, 4.69) is 5.16 Å². The molecule has 1 aromatic rings. The molecule has 0 heterocycles. The van der Waals surface area contributed by atoms with Gasteiger partial charge in [0.15, 0.2) is 0 Å². The van der Waals surface area contributed by atoms with Crippen molar-refractivity contribution in [3.05, 3.63) is 35.4 Å². The maximum Gasteiger partial charge on any atom is 0.140 e. The van der Waals surface area contributed by atoms with Crippen molar-refractivity contribution in [3.8, 4) is 0 Å². The Morgan fingerprint density at radius 2 is 2.00 bits per heavy atom. The summed E-state index contributed by atoms with van der Waals surface area (Å²) >= 11 is 0. The van der Waals surface area contributed by atoms with Crippen LogP contribution in [0.3, 0.4) is 0 Å². The van der Waals surface area contributed by atoms with E-state index >= 15 is 0 Å². The molecule has 0 spiro atoms. The number of oxime groups is 1. The van der Waals surface area contributed by atoms with Crippen molar-refractivity contribution in [3.63, 3.8) is 0 Å². The fraction of sp³-hybridized carbons (Fsp3) is 0.364. The molecule has 3 nitrogen and oxygen atoms in total. The third-order valence-electron chi connectivity index (χ3n) is 1.85. The van der Waals surface area contributed by atoms with Gasteiger partial charge in [0.25, 0.3) is 0 Å². The van der Waals surface area contributed by atoms with Crippen LogP contribution in [0.5, 0.6) is 0 Å². The number of benzene rings is 1. The summed E-state index contributed by atoms with van der Waals surface area (Å²) in [4.78, 5) is 4.87. The molecule has 3 heteroatoms. The SMILES string of the molecule is C/C(=N\OCCO)c1ccc(C)cc1. The second kappa shape index (κ2) is 5.40. The number of rotatable bonds is 4. The number of hydrogen-bond acceptors (Lipinski definition) is 3. The number of hydrogen-bond donors (Lipinski definition) is 1. The first-order valence-electron chi connectivity index (χ1n) is 4.58. The van der Waals surface area contributed by atoms with E-state index in [1.165, 1.54) is 5.56 Å². The van der Waals surface area contributed by atoms with Gasteiger partial charge >= 0.3 is 0 Å². The lowest BCUT2D eigenvalue weighted by molar-refractivity contribution is 0.0986. The molecular formula is C11H15NO2. The van der Waals surface area contributed by atoms with Gasteiger partial charge < -0.3 is 9.94 Å². The molecule has 0 saturated heterocycles. The zero-order valence-corrected chi connectivity index (χ0v) is 8.53. The van der Waals surface area contributed by atoms with Crippen molar-refractivity contribution in [2.24, 2.45) is 5.16 Å². The van der Waals surface area contributed by atoms with Gasteiger partial charge in [0.05, 0.1) is 12.3 Å². The standard InChI is InChI=1S/C11H15NO2/c1-9-3-5-11(6-4-9)10(2)12-14-8-7-13/h3-6,13H,7-8H2,1-2H3/b12-10+. The summed E-state index contributed by atoms with van der Waals surface area (Å²) in [7, 11) is 0. The van der Waals surface area contributed by atoms with Gasteiger partial charge in [-0.25, -0.2) is 0 Å². The minimum atomic E-state index is -0.00925. The lowest BCUT2D eigenvalue weighted by atomic mass is 10.1. The van der Waals surface area contributed by atoms with Gasteiger partial charge in [-0.2, -0.15) is 0 Å².